The van der Waals surface area contributed by atoms with Crippen molar-refractivity contribution in [2.75, 3.05) is 0 Å². The molecule has 0 aliphatic heterocycles. The summed E-state index contributed by atoms with van der Waals surface area (Å²) in [5.41, 5.74) is 7.98. The minimum Gasteiger partial charge on any atom is -0.507 e. The van der Waals surface area contributed by atoms with Gasteiger partial charge in [0.1, 0.15) is 5.75 Å². The van der Waals surface area contributed by atoms with Crippen LogP contribution in [0.2, 0.25) is 0 Å². The molecule has 2 rings (SSSR count). The highest BCUT2D eigenvalue weighted by Crippen LogP contribution is 2.32. The van der Waals surface area contributed by atoms with Crippen LogP contribution in [0.4, 0.5) is 0 Å². The van der Waals surface area contributed by atoms with Gasteiger partial charge in [0.15, 0.2) is 5.78 Å². The number of nitrogens with two attached hydrogens (primary N) is 1. The molecule has 0 aliphatic rings. The summed E-state index contributed by atoms with van der Waals surface area (Å²) < 4.78 is 0.902. The molecule has 0 saturated carbocycles. The van der Waals surface area contributed by atoms with Crippen molar-refractivity contribution in [2.45, 2.75) is 32.7 Å². The van der Waals surface area contributed by atoms with E-state index in [0.29, 0.717) is 16.7 Å². The van der Waals surface area contributed by atoms with Gasteiger partial charge in [0.2, 0.25) is 0 Å². The van der Waals surface area contributed by atoms with Crippen molar-refractivity contribution in [2.24, 2.45) is 5.73 Å². The number of phenols is 1. The summed E-state index contributed by atoms with van der Waals surface area (Å²) in [5.74, 6) is -0.228. The summed E-state index contributed by atoms with van der Waals surface area (Å²) in [4.78, 5) is 12.7. The monoisotopic (exact) mass is 361 g/mol. The summed E-state index contributed by atoms with van der Waals surface area (Å²) in [7, 11) is 0. The normalized spacial score (nSPS) is 11.5. The van der Waals surface area contributed by atoms with Crippen molar-refractivity contribution < 1.29 is 9.90 Å². The fourth-order valence-corrected chi connectivity index (χ4v) is 2.48. The van der Waals surface area contributed by atoms with E-state index < -0.39 is 0 Å². The molecule has 3 nitrogen and oxygen atoms in total. The van der Waals surface area contributed by atoms with Crippen LogP contribution in [0.25, 0.3) is 0 Å². The Balaban J connectivity index is 2.58. The molecule has 0 amide bonds. The molecule has 3 N–H and O–H groups in total. The van der Waals surface area contributed by atoms with E-state index in [1.165, 1.54) is 0 Å². The Morgan fingerprint density at radius 3 is 2.27 bits per heavy atom. The van der Waals surface area contributed by atoms with E-state index in [4.69, 9.17) is 5.73 Å². The van der Waals surface area contributed by atoms with Crippen molar-refractivity contribution in [3.63, 3.8) is 0 Å². The van der Waals surface area contributed by atoms with Gasteiger partial charge in [0.05, 0.1) is 5.56 Å². The highest BCUT2D eigenvalue weighted by Gasteiger charge is 2.22. The number of carbonyl (C=O) groups is 1. The van der Waals surface area contributed by atoms with Gasteiger partial charge in [-0.1, -0.05) is 42.8 Å². The second kappa shape index (κ2) is 6.23. The Morgan fingerprint density at radius 2 is 1.77 bits per heavy atom. The Labute approximate surface area is 139 Å². The summed E-state index contributed by atoms with van der Waals surface area (Å²) in [6, 6.07) is 10.7. The smallest absolute Gasteiger partial charge is 0.196 e. The van der Waals surface area contributed by atoms with E-state index in [9.17, 15) is 9.90 Å². The first-order valence-electron chi connectivity index (χ1n) is 7.10. The van der Waals surface area contributed by atoms with E-state index in [-0.39, 0.29) is 23.5 Å². The number of rotatable bonds is 3. The molecule has 0 fully saturated rings. The number of hydrogen-bond donors (Lipinski definition) is 2. The van der Waals surface area contributed by atoms with E-state index in [1.807, 2.05) is 18.2 Å². The van der Waals surface area contributed by atoms with Crippen LogP contribution in [-0.2, 0) is 12.0 Å². The lowest BCUT2D eigenvalue weighted by molar-refractivity contribution is 0.103. The molecule has 0 bridgehead atoms. The number of ketones is 1. The zero-order valence-electron chi connectivity index (χ0n) is 13.0. The highest BCUT2D eigenvalue weighted by atomic mass is 79.9. The van der Waals surface area contributed by atoms with Gasteiger partial charge in [0, 0.05) is 22.1 Å². The average Bonchev–Trinajstić information content (AvgIpc) is 2.46. The van der Waals surface area contributed by atoms with Crippen molar-refractivity contribution >= 4 is 21.7 Å². The lowest BCUT2D eigenvalue weighted by Crippen LogP contribution is -2.15. The Bertz CT molecular complexity index is 700. The molecule has 0 saturated heterocycles. The maximum absolute atomic E-state index is 12.7. The topological polar surface area (TPSA) is 63.3 Å². The fourth-order valence-electron chi connectivity index (χ4n) is 2.21. The van der Waals surface area contributed by atoms with Crippen molar-refractivity contribution in [1.82, 2.24) is 0 Å². The predicted octanol–water partition coefficient (Wildman–Crippen LogP) is 4.14. The fraction of sp³-hybridized carbons (Fsp3) is 0.278. The first-order chi connectivity index (χ1) is 10.2. The summed E-state index contributed by atoms with van der Waals surface area (Å²) in [6.07, 6.45) is 0. The van der Waals surface area contributed by atoms with Crippen molar-refractivity contribution in [1.29, 1.82) is 0 Å². The number of halogens is 1. The van der Waals surface area contributed by atoms with Gasteiger partial charge >= 0.3 is 0 Å². The number of phenolic OH excluding ortho intramolecular Hbond substituents is 1. The maximum atomic E-state index is 12.7. The molecule has 0 atom stereocenters. The van der Waals surface area contributed by atoms with Crippen molar-refractivity contribution in [3.05, 3.63) is 63.1 Å². The van der Waals surface area contributed by atoms with Gasteiger partial charge in [-0.15, -0.1) is 0 Å². The lowest BCUT2D eigenvalue weighted by atomic mass is 9.83. The van der Waals surface area contributed by atoms with E-state index >= 15 is 0 Å². The molecule has 116 valence electrons. The maximum Gasteiger partial charge on any atom is 0.196 e. The molecule has 4 heteroatoms. The number of carbonyl (C=O) groups excluding carboxylic acids is 1. The standard InChI is InChI=1S/C18H20BrNO2/c1-18(2,3)13-8-12(10-20)17(22)15(9-13)16(21)11-4-6-14(19)7-5-11/h4-9,22H,10,20H2,1-3H3. The second-order valence-corrected chi connectivity index (χ2v) is 7.24. The lowest BCUT2D eigenvalue weighted by Gasteiger charge is -2.22. The molecule has 0 radical (unpaired) electrons. The van der Waals surface area contributed by atoms with Crippen LogP contribution in [0, 0.1) is 0 Å². The SMILES string of the molecule is CC(C)(C)c1cc(CN)c(O)c(C(=O)c2ccc(Br)cc2)c1. The van der Waals surface area contributed by atoms with Crippen LogP contribution < -0.4 is 5.73 Å². The molecule has 2 aromatic carbocycles. The largest absolute Gasteiger partial charge is 0.507 e. The third kappa shape index (κ3) is 3.39. The summed E-state index contributed by atoms with van der Waals surface area (Å²) in [5, 5.41) is 10.4. The van der Waals surface area contributed by atoms with Crippen LogP contribution in [-0.4, -0.2) is 10.9 Å². The third-order valence-electron chi connectivity index (χ3n) is 3.63. The van der Waals surface area contributed by atoms with Gasteiger partial charge < -0.3 is 10.8 Å². The zero-order chi connectivity index (χ0) is 16.5. The van der Waals surface area contributed by atoms with Crippen LogP contribution in [0.3, 0.4) is 0 Å². The Hall–Kier alpha value is -1.65. The molecular formula is C18H20BrNO2. The van der Waals surface area contributed by atoms with Gasteiger partial charge in [0.25, 0.3) is 0 Å². The minimum atomic E-state index is -0.203. The van der Waals surface area contributed by atoms with Gasteiger partial charge in [-0.3, -0.25) is 4.79 Å². The highest BCUT2D eigenvalue weighted by molar-refractivity contribution is 9.10. The molecule has 2 aromatic rings. The predicted molar refractivity (Wildman–Crippen MR) is 92.3 cm³/mol. The Morgan fingerprint density at radius 1 is 1.18 bits per heavy atom. The zero-order valence-corrected chi connectivity index (χ0v) is 14.6. The van der Waals surface area contributed by atoms with Gasteiger partial charge in [-0.2, -0.15) is 0 Å². The van der Waals surface area contributed by atoms with Gasteiger partial charge in [-0.05, 0) is 41.3 Å². The van der Waals surface area contributed by atoms with Crippen LogP contribution in [0.1, 0.15) is 47.8 Å². The summed E-state index contributed by atoms with van der Waals surface area (Å²) >= 11 is 3.35. The molecule has 0 heterocycles. The quantitative estimate of drug-likeness (QED) is 0.807. The van der Waals surface area contributed by atoms with Crippen LogP contribution in [0.5, 0.6) is 5.75 Å². The molecule has 0 aliphatic carbocycles. The number of aromatic hydroxyl groups is 1. The number of benzene rings is 2. The van der Waals surface area contributed by atoms with Crippen LogP contribution >= 0.6 is 15.9 Å². The minimum absolute atomic E-state index is 0.0246. The van der Waals surface area contributed by atoms with Gasteiger partial charge in [-0.25, -0.2) is 0 Å². The Kier molecular flexibility index (Phi) is 4.73. The third-order valence-corrected chi connectivity index (χ3v) is 4.15. The first-order valence-corrected chi connectivity index (χ1v) is 7.90. The number of hydrogen-bond acceptors (Lipinski definition) is 3. The molecule has 0 spiro atoms. The van der Waals surface area contributed by atoms with E-state index in [0.717, 1.165) is 10.0 Å². The van der Waals surface area contributed by atoms with Crippen LogP contribution in [0.15, 0.2) is 40.9 Å². The first kappa shape index (κ1) is 16.7. The second-order valence-electron chi connectivity index (χ2n) is 6.32. The van der Waals surface area contributed by atoms with Crippen molar-refractivity contribution in [3.8, 4) is 5.75 Å². The molecule has 0 aromatic heterocycles. The summed E-state index contributed by atoms with van der Waals surface area (Å²) in [6.45, 7) is 6.38. The molecule has 0 unspecified atom stereocenters. The molecule has 22 heavy (non-hydrogen) atoms. The molecular weight excluding hydrogens is 342 g/mol. The van der Waals surface area contributed by atoms with E-state index in [2.05, 4.69) is 36.7 Å². The van der Waals surface area contributed by atoms with E-state index in [1.54, 1.807) is 18.2 Å². The average molecular weight is 362 g/mol.